The molecule has 2 atom stereocenters. The number of hydrogen-bond donors (Lipinski definition) is 1. The lowest BCUT2D eigenvalue weighted by Crippen LogP contribution is -2.16. The molecule has 6 nitrogen and oxygen atoms in total. The van der Waals surface area contributed by atoms with Crippen molar-refractivity contribution < 1.29 is 14.2 Å². The lowest BCUT2D eigenvalue weighted by Gasteiger charge is -2.19. The predicted octanol–water partition coefficient (Wildman–Crippen LogP) is 4.29. The number of rotatable bonds is 6. The number of methoxy groups -OCH3 is 1. The number of aromatic nitrogens is 2. The molecule has 0 radical (unpaired) electrons. The van der Waals surface area contributed by atoms with Crippen LogP contribution in [0.15, 0.2) is 42.5 Å². The van der Waals surface area contributed by atoms with Crippen molar-refractivity contribution in [2.24, 2.45) is 0 Å². The molecule has 1 fully saturated rings. The Kier molecular flexibility index (Phi) is 5.30. The number of benzene rings is 2. The lowest BCUT2D eigenvalue weighted by molar-refractivity contribution is 0.139. The molecule has 1 aliphatic rings. The van der Waals surface area contributed by atoms with Crippen molar-refractivity contribution in [1.29, 1.82) is 0 Å². The molecule has 0 amide bonds. The predicted molar refractivity (Wildman–Crippen MR) is 109 cm³/mol. The molecule has 146 valence electrons. The zero-order valence-electron chi connectivity index (χ0n) is 16.4. The molecule has 0 aliphatic carbocycles. The number of aryl methyl sites for hydroxylation is 1. The second kappa shape index (κ2) is 8.02. The molecule has 4 rings (SSSR count). The summed E-state index contributed by atoms with van der Waals surface area (Å²) in [5.74, 6) is 2.84. The van der Waals surface area contributed by atoms with Gasteiger partial charge in [0.1, 0.15) is 17.7 Å². The van der Waals surface area contributed by atoms with E-state index in [1.807, 2.05) is 37.3 Å². The van der Waals surface area contributed by atoms with Crippen molar-refractivity contribution in [2.75, 3.05) is 25.6 Å². The fourth-order valence-corrected chi connectivity index (χ4v) is 3.43. The van der Waals surface area contributed by atoms with E-state index in [-0.39, 0.29) is 12.1 Å². The highest BCUT2D eigenvalue weighted by Gasteiger charge is 2.21. The Hall–Kier alpha value is -2.86. The summed E-state index contributed by atoms with van der Waals surface area (Å²) in [6.07, 6.45) is 0.916. The Labute approximate surface area is 164 Å². The minimum atomic E-state index is 0.0392. The highest BCUT2D eigenvalue weighted by molar-refractivity contribution is 5.92. The van der Waals surface area contributed by atoms with Crippen molar-refractivity contribution >= 4 is 16.7 Å². The Balaban J connectivity index is 1.72. The second-order valence-corrected chi connectivity index (χ2v) is 7.02. The van der Waals surface area contributed by atoms with Gasteiger partial charge in [0, 0.05) is 23.9 Å². The minimum Gasteiger partial charge on any atom is -0.493 e. The molecule has 1 aromatic heterocycles. The van der Waals surface area contributed by atoms with Crippen molar-refractivity contribution in [3.63, 3.8) is 0 Å². The molecule has 2 unspecified atom stereocenters. The van der Waals surface area contributed by atoms with Crippen LogP contribution in [0.2, 0.25) is 0 Å². The first-order chi connectivity index (χ1) is 13.6. The van der Waals surface area contributed by atoms with Gasteiger partial charge >= 0.3 is 0 Å². The monoisotopic (exact) mass is 379 g/mol. The van der Waals surface area contributed by atoms with Crippen LogP contribution in [-0.4, -0.2) is 36.4 Å². The van der Waals surface area contributed by atoms with Gasteiger partial charge in [0.15, 0.2) is 11.5 Å². The number of fused-ring (bicyclic) bond motifs is 1. The maximum atomic E-state index is 6.15. The van der Waals surface area contributed by atoms with Gasteiger partial charge in [0.25, 0.3) is 0 Å². The number of nitrogens with zero attached hydrogens (tertiary/aromatic N) is 2. The van der Waals surface area contributed by atoms with Crippen molar-refractivity contribution in [3.8, 4) is 11.5 Å². The van der Waals surface area contributed by atoms with E-state index < -0.39 is 0 Å². The lowest BCUT2D eigenvalue weighted by atomic mass is 10.1. The Bertz CT molecular complexity index is 956. The molecule has 0 spiro atoms. The van der Waals surface area contributed by atoms with Gasteiger partial charge in [-0.25, -0.2) is 9.97 Å². The zero-order chi connectivity index (χ0) is 19.5. The Morgan fingerprint density at radius 3 is 2.68 bits per heavy atom. The normalized spacial score (nSPS) is 17.5. The first-order valence-corrected chi connectivity index (χ1v) is 9.56. The summed E-state index contributed by atoms with van der Waals surface area (Å²) >= 11 is 0. The third-order valence-electron chi connectivity index (χ3n) is 4.93. The quantitative estimate of drug-likeness (QED) is 0.689. The summed E-state index contributed by atoms with van der Waals surface area (Å²) < 4.78 is 17.1. The minimum absolute atomic E-state index is 0.0392. The third-order valence-corrected chi connectivity index (χ3v) is 4.93. The smallest absolute Gasteiger partial charge is 0.162 e. The maximum absolute atomic E-state index is 6.15. The zero-order valence-corrected chi connectivity index (χ0v) is 16.4. The second-order valence-electron chi connectivity index (χ2n) is 7.02. The van der Waals surface area contributed by atoms with Crippen molar-refractivity contribution in [1.82, 2.24) is 9.97 Å². The van der Waals surface area contributed by atoms with Gasteiger partial charge < -0.3 is 19.5 Å². The SMILES string of the molecule is COc1cc2nc(C)nc(NC(C)c3ccccc3)c2cc1OC1CCOC1. The molecule has 1 saturated heterocycles. The number of anilines is 1. The molecule has 2 aromatic carbocycles. The Morgan fingerprint density at radius 2 is 1.96 bits per heavy atom. The van der Waals surface area contributed by atoms with E-state index in [4.69, 9.17) is 14.2 Å². The van der Waals surface area contributed by atoms with Crippen LogP contribution in [0.5, 0.6) is 11.5 Å². The van der Waals surface area contributed by atoms with Crippen LogP contribution >= 0.6 is 0 Å². The van der Waals surface area contributed by atoms with E-state index in [2.05, 4.69) is 34.3 Å². The topological polar surface area (TPSA) is 65.5 Å². The molecule has 6 heteroatoms. The van der Waals surface area contributed by atoms with E-state index in [1.54, 1.807) is 7.11 Å². The number of ether oxygens (including phenoxy) is 3. The van der Waals surface area contributed by atoms with Crippen LogP contribution in [0.4, 0.5) is 5.82 Å². The molecule has 2 heterocycles. The first-order valence-electron chi connectivity index (χ1n) is 9.56. The first kappa shape index (κ1) is 18.5. The van der Waals surface area contributed by atoms with E-state index in [9.17, 15) is 0 Å². The van der Waals surface area contributed by atoms with Crippen molar-refractivity contribution in [3.05, 3.63) is 53.9 Å². The van der Waals surface area contributed by atoms with Crippen LogP contribution in [0.3, 0.4) is 0 Å². The van der Waals surface area contributed by atoms with Crippen LogP contribution in [0.1, 0.15) is 30.8 Å². The molecule has 3 aromatic rings. The van der Waals surface area contributed by atoms with Crippen LogP contribution < -0.4 is 14.8 Å². The van der Waals surface area contributed by atoms with Crippen LogP contribution in [0.25, 0.3) is 10.9 Å². The summed E-state index contributed by atoms with van der Waals surface area (Å²) in [5.41, 5.74) is 2.02. The third kappa shape index (κ3) is 3.87. The van der Waals surface area contributed by atoms with E-state index in [0.29, 0.717) is 23.9 Å². The molecule has 1 aliphatic heterocycles. The van der Waals surface area contributed by atoms with Gasteiger partial charge in [0.05, 0.1) is 25.8 Å². The fraction of sp³-hybridized carbons (Fsp3) is 0.364. The Morgan fingerprint density at radius 1 is 1.14 bits per heavy atom. The number of hydrogen-bond acceptors (Lipinski definition) is 6. The standard InChI is InChI=1S/C22H25N3O3/c1-14(16-7-5-4-6-8-16)23-22-18-11-21(28-17-9-10-27-13-17)20(26-3)12-19(18)24-15(2)25-22/h4-8,11-12,14,17H,9-10,13H2,1-3H3,(H,23,24,25). The highest BCUT2D eigenvalue weighted by atomic mass is 16.6. The molecule has 1 N–H and O–H groups in total. The van der Waals surface area contributed by atoms with Crippen molar-refractivity contribution in [2.45, 2.75) is 32.4 Å². The fourth-order valence-electron chi connectivity index (χ4n) is 3.43. The molecular weight excluding hydrogens is 354 g/mol. The molecular formula is C22H25N3O3. The maximum Gasteiger partial charge on any atom is 0.162 e. The molecule has 0 saturated carbocycles. The molecule has 0 bridgehead atoms. The summed E-state index contributed by atoms with van der Waals surface area (Å²) in [7, 11) is 1.64. The summed E-state index contributed by atoms with van der Waals surface area (Å²) in [6, 6.07) is 14.3. The summed E-state index contributed by atoms with van der Waals surface area (Å²) in [4.78, 5) is 9.24. The van der Waals surface area contributed by atoms with Crippen LogP contribution in [-0.2, 0) is 4.74 Å². The average molecular weight is 379 g/mol. The average Bonchev–Trinajstić information content (AvgIpc) is 3.21. The van der Waals surface area contributed by atoms with Gasteiger partial charge in [-0.3, -0.25) is 0 Å². The van der Waals surface area contributed by atoms with Gasteiger partial charge in [0.2, 0.25) is 0 Å². The van der Waals surface area contributed by atoms with E-state index in [1.165, 1.54) is 5.56 Å². The van der Waals surface area contributed by atoms with E-state index in [0.717, 1.165) is 29.7 Å². The van der Waals surface area contributed by atoms with Gasteiger partial charge in [-0.2, -0.15) is 0 Å². The van der Waals surface area contributed by atoms with Crippen LogP contribution in [0, 0.1) is 6.92 Å². The van der Waals surface area contributed by atoms with E-state index >= 15 is 0 Å². The largest absolute Gasteiger partial charge is 0.493 e. The van der Waals surface area contributed by atoms with Gasteiger partial charge in [-0.1, -0.05) is 30.3 Å². The molecule has 28 heavy (non-hydrogen) atoms. The van der Waals surface area contributed by atoms with Gasteiger partial charge in [-0.05, 0) is 25.5 Å². The summed E-state index contributed by atoms with van der Waals surface area (Å²) in [5, 5.41) is 4.43. The number of nitrogens with one attached hydrogen (secondary N) is 1. The van der Waals surface area contributed by atoms with Gasteiger partial charge in [-0.15, -0.1) is 0 Å². The highest BCUT2D eigenvalue weighted by Crippen LogP contribution is 2.36. The summed E-state index contributed by atoms with van der Waals surface area (Å²) in [6.45, 7) is 5.34.